The number of benzene rings is 2. The first-order valence-corrected chi connectivity index (χ1v) is 6.66. The molecule has 2 aromatic rings. The number of hydrogen-bond acceptors (Lipinski definition) is 2. The largest absolute Gasteiger partial charge is 0.457 e. The van der Waals surface area contributed by atoms with Crippen molar-refractivity contribution in [3.63, 3.8) is 0 Å². The van der Waals surface area contributed by atoms with E-state index in [0.717, 1.165) is 28.1 Å². The Morgan fingerprint density at radius 3 is 2.72 bits per heavy atom. The summed E-state index contributed by atoms with van der Waals surface area (Å²) in [5, 5.41) is 3.15. The van der Waals surface area contributed by atoms with E-state index in [2.05, 4.69) is 40.3 Å². The van der Waals surface area contributed by atoms with Crippen LogP contribution in [0.5, 0.6) is 11.5 Å². The fraction of sp³-hybridized carbons (Fsp3) is 0.200. The molecule has 94 valence electrons. The maximum atomic E-state index is 5.94. The van der Waals surface area contributed by atoms with Crippen LogP contribution in [-0.4, -0.2) is 7.05 Å². The molecular formula is C15H16BrNO. The average molecular weight is 306 g/mol. The Hall–Kier alpha value is -1.32. The molecule has 0 bridgehead atoms. The lowest BCUT2D eigenvalue weighted by molar-refractivity contribution is 0.474. The predicted octanol–water partition coefficient (Wildman–Crippen LogP) is 4.27. The van der Waals surface area contributed by atoms with E-state index in [1.54, 1.807) is 0 Å². The van der Waals surface area contributed by atoms with Crippen LogP contribution in [0.3, 0.4) is 0 Å². The summed E-state index contributed by atoms with van der Waals surface area (Å²) in [6, 6.07) is 14.1. The van der Waals surface area contributed by atoms with Crippen molar-refractivity contribution in [2.24, 2.45) is 0 Å². The van der Waals surface area contributed by atoms with Crippen LogP contribution < -0.4 is 10.1 Å². The summed E-state index contributed by atoms with van der Waals surface area (Å²) < 4.78 is 7.00. The normalized spacial score (nSPS) is 10.4. The van der Waals surface area contributed by atoms with Gasteiger partial charge in [-0.15, -0.1) is 0 Å². The highest BCUT2D eigenvalue weighted by Crippen LogP contribution is 2.28. The first-order chi connectivity index (χ1) is 8.69. The highest BCUT2D eigenvalue weighted by atomic mass is 79.9. The van der Waals surface area contributed by atoms with Crippen LogP contribution >= 0.6 is 15.9 Å². The Morgan fingerprint density at radius 2 is 2.00 bits per heavy atom. The molecule has 0 aromatic heterocycles. The van der Waals surface area contributed by atoms with Gasteiger partial charge in [-0.3, -0.25) is 0 Å². The van der Waals surface area contributed by atoms with Gasteiger partial charge in [-0.2, -0.15) is 0 Å². The number of halogens is 1. The summed E-state index contributed by atoms with van der Waals surface area (Å²) in [5.74, 6) is 1.76. The van der Waals surface area contributed by atoms with E-state index >= 15 is 0 Å². The molecule has 0 unspecified atom stereocenters. The molecule has 0 heterocycles. The third-order valence-corrected chi connectivity index (χ3v) is 3.10. The molecule has 0 fully saturated rings. The lowest BCUT2D eigenvalue weighted by atomic mass is 10.2. The van der Waals surface area contributed by atoms with Crippen LogP contribution in [0.1, 0.15) is 11.1 Å². The highest BCUT2D eigenvalue weighted by molar-refractivity contribution is 9.10. The van der Waals surface area contributed by atoms with Gasteiger partial charge in [-0.1, -0.05) is 28.1 Å². The summed E-state index contributed by atoms with van der Waals surface area (Å²) in [7, 11) is 1.93. The summed E-state index contributed by atoms with van der Waals surface area (Å²) in [5.41, 5.74) is 2.33. The molecule has 0 aliphatic rings. The lowest BCUT2D eigenvalue weighted by Crippen LogP contribution is -2.06. The number of hydrogen-bond donors (Lipinski definition) is 1. The molecule has 0 saturated carbocycles. The zero-order valence-corrected chi connectivity index (χ0v) is 12.1. The Balaban J connectivity index is 2.28. The molecule has 3 heteroatoms. The topological polar surface area (TPSA) is 21.3 Å². The van der Waals surface area contributed by atoms with Gasteiger partial charge < -0.3 is 10.1 Å². The standard InChI is InChI=1S/C15H16BrNO/c1-11-4-3-5-14(8-11)18-15-7-6-13(16)9-12(15)10-17-2/h3-9,17H,10H2,1-2H3. The molecule has 0 spiro atoms. The van der Waals surface area contributed by atoms with Crippen LogP contribution in [0.2, 0.25) is 0 Å². The van der Waals surface area contributed by atoms with Gasteiger partial charge in [-0.05, 0) is 49.9 Å². The van der Waals surface area contributed by atoms with Crippen LogP contribution in [0, 0.1) is 6.92 Å². The maximum Gasteiger partial charge on any atom is 0.131 e. The molecule has 0 aliphatic carbocycles. The summed E-state index contributed by atoms with van der Waals surface area (Å²) >= 11 is 3.48. The molecule has 2 aromatic carbocycles. The van der Waals surface area contributed by atoms with E-state index in [1.807, 2.05) is 37.4 Å². The third-order valence-electron chi connectivity index (χ3n) is 2.61. The summed E-state index contributed by atoms with van der Waals surface area (Å²) in [6.07, 6.45) is 0. The number of nitrogens with one attached hydrogen (secondary N) is 1. The third kappa shape index (κ3) is 3.34. The van der Waals surface area contributed by atoms with Gasteiger partial charge in [0.05, 0.1) is 0 Å². The fourth-order valence-corrected chi connectivity index (χ4v) is 2.19. The number of rotatable bonds is 4. The van der Waals surface area contributed by atoms with Crippen LogP contribution in [0.15, 0.2) is 46.9 Å². The van der Waals surface area contributed by atoms with Crippen molar-refractivity contribution in [3.8, 4) is 11.5 Å². The summed E-state index contributed by atoms with van der Waals surface area (Å²) in [6.45, 7) is 2.84. The minimum atomic E-state index is 0.778. The molecule has 0 amide bonds. The van der Waals surface area contributed by atoms with Crippen LogP contribution in [-0.2, 0) is 6.54 Å². The molecule has 1 N–H and O–H groups in total. The SMILES string of the molecule is CNCc1cc(Br)ccc1Oc1cccc(C)c1. The second-order valence-electron chi connectivity index (χ2n) is 4.20. The second-order valence-corrected chi connectivity index (χ2v) is 5.12. The average Bonchev–Trinajstić information content (AvgIpc) is 2.33. The lowest BCUT2D eigenvalue weighted by Gasteiger charge is -2.12. The fourth-order valence-electron chi connectivity index (χ4n) is 1.78. The van der Waals surface area contributed by atoms with Gasteiger partial charge in [0.1, 0.15) is 11.5 Å². The van der Waals surface area contributed by atoms with Gasteiger partial charge >= 0.3 is 0 Å². The number of aryl methyl sites for hydroxylation is 1. The Kier molecular flexibility index (Phi) is 4.39. The smallest absolute Gasteiger partial charge is 0.131 e. The van der Waals surface area contributed by atoms with Crippen molar-refractivity contribution in [2.75, 3.05) is 7.05 Å². The second kappa shape index (κ2) is 6.03. The van der Waals surface area contributed by atoms with Crippen LogP contribution in [0.4, 0.5) is 0 Å². The zero-order chi connectivity index (χ0) is 13.0. The van der Waals surface area contributed by atoms with Crippen LogP contribution in [0.25, 0.3) is 0 Å². The van der Waals surface area contributed by atoms with Crippen molar-refractivity contribution in [1.29, 1.82) is 0 Å². The Bertz CT molecular complexity index is 540. The van der Waals surface area contributed by atoms with Gasteiger partial charge in [0.15, 0.2) is 0 Å². The molecule has 18 heavy (non-hydrogen) atoms. The quantitative estimate of drug-likeness (QED) is 0.911. The minimum Gasteiger partial charge on any atom is -0.457 e. The predicted molar refractivity (Wildman–Crippen MR) is 78.2 cm³/mol. The molecule has 0 saturated heterocycles. The van der Waals surface area contributed by atoms with E-state index < -0.39 is 0 Å². The first kappa shape index (κ1) is 13.1. The van der Waals surface area contributed by atoms with Crippen molar-refractivity contribution >= 4 is 15.9 Å². The monoisotopic (exact) mass is 305 g/mol. The molecule has 2 rings (SSSR count). The van der Waals surface area contributed by atoms with Crippen molar-refractivity contribution in [2.45, 2.75) is 13.5 Å². The van der Waals surface area contributed by atoms with Gasteiger partial charge in [-0.25, -0.2) is 0 Å². The first-order valence-electron chi connectivity index (χ1n) is 5.86. The summed E-state index contributed by atoms with van der Waals surface area (Å²) in [4.78, 5) is 0. The van der Waals surface area contributed by atoms with E-state index in [1.165, 1.54) is 5.56 Å². The highest BCUT2D eigenvalue weighted by Gasteiger charge is 2.05. The molecule has 0 aliphatic heterocycles. The Morgan fingerprint density at radius 1 is 1.17 bits per heavy atom. The minimum absolute atomic E-state index is 0.778. The van der Waals surface area contributed by atoms with Gasteiger partial charge in [0.25, 0.3) is 0 Å². The van der Waals surface area contributed by atoms with E-state index in [4.69, 9.17) is 4.74 Å². The van der Waals surface area contributed by atoms with E-state index in [0.29, 0.717) is 0 Å². The van der Waals surface area contributed by atoms with Crippen molar-refractivity contribution in [3.05, 3.63) is 58.1 Å². The molecular weight excluding hydrogens is 290 g/mol. The molecule has 2 nitrogen and oxygen atoms in total. The van der Waals surface area contributed by atoms with E-state index in [-0.39, 0.29) is 0 Å². The molecule has 0 radical (unpaired) electrons. The van der Waals surface area contributed by atoms with Gasteiger partial charge in [0.2, 0.25) is 0 Å². The van der Waals surface area contributed by atoms with E-state index in [9.17, 15) is 0 Å². The Labute approximate surface area is 116 Å². The van der Waals surface area contributed by atoms with Gasteiger partial charge in [0, 0.05) is 16.6 Å². The van der Waals surface area contributed by atoms with Crippen molar-refractivity contribution in [1.82, 2.24) is 5.32 Å². The van der Waals surface area contributed by atoms with Crippen molar-refractivity contribution < 1.29 is 4.74 Å². The maximum absolute atomic E-state index is 5.94. The zero-order valence-electron chi connectivity index (χ0n) is 10.5. The number of ether oxygens (including phenoxy) is 1. The molecule has 0 atom stereocenters.